The predicted octanol–water partition coefficient (Wildman–Crippen LogP) is 2.46. The van der Waals surface area contributed by atoms with Gasteiger partial charge in [-0.05, 0) is 0 Å². The van der Waals surface area contributed by atoms with Crippen molar-refractivity contribution in [3.63, 3.8) is 0 Å². The molecule has 3 atom stereocenters. The van der Waals surface area contributed by atoms with Crippen molar-refractivity contribution in [1.82, 2.24) is 0 Å². The summed E-state index contributed by atoms with van der Waals surface area (Å²) in [6, 6.07) is 17.1. The number of hydrogen-bond acceptors (Lipinski definition) is 6. The van der Waals surface area contributed by atoms with Crippen LogP contribution in [0.5, 0.6) is 0 Å². The third kappa shape index (κ3) is 4.96. The Hall–Kier alpha value is -2.63. The van der Waals surface area contributed by atoms with Crippen LogP contribution < -0.4 is 0 Å². The molecule has 1 aliphatic rings. The zero-order valence-electron chi connectivity index (χ0n) is 14.6. The summed E-state index contributed by atoms with van der Waals surface area (Å²) in [5, 5.41) is -0.0905. The van der Waals surface area contributed by atoms with E-state index in [9.17, 15) is 14.4 Å². The maximum absolute atomic E-state index is 12.4. The second-order valence-electron chi connectivity index (χ2n) is 5.86. The van der Waals surface area contributed by atoms with E-state index in [4.69, 9.17) is 14.2 Å². The predicted molar refractivity (Wildman–Crippen MR) is 97.4 cm³/mol. The fourth-order valence-corrected chi connectivity index (χ4v) is 5.24. The molecule has 0 radical (unpaired) electrons. The molecule has 0 N–H and O–H groups in total. The van der Waals surface area contributed by atoms with Crippen molar-refractivity contribution in [3.05, 3.63) is 71.8 Å². The minimum atomic E-state index is -0.825. The maximum atomic E-state index is 12.4. The molecule has 2 aromatic carbocycles. The first-order chi connectivity index (χ1) is 13.0. The van der Waals surface area contributed by atoms with E-state index in [1.807, 2.05) is 0 Å². The van der Waals surface area contributed by atoms with E-state index in [0.29, 0.717) is 16.4 Å². The summed E-state index contributed by atoms with van der Waals surface area (Å²) in [5.74, 6) is -1.51. The molecule has 1 aliphatic heterocycles. The van der Waals surface area contributed by atoms with Crippen molar-refractivity contribution in [2.24, 2.45) is 0 Å². The average Bonchev–Trinajstić information content (AvgIpc) is 3.03. The van der Waals surface area contributed by atoms with Crippen LogP contribution in [-0.2, 0) is 19.0 Å². The van der Waals surface area contributed by atoms with Gasteiger partial charge in [-0.2, -0.15) is 0 Å². The Morgan fingerprint density at radius 2 is 1.33 bits per heavy atom. The van der Waals surface area contributed by atoms with Crippen LogP contribution in [-0.4, -0.2) is 50.1 Å². The molecule has 1 heterocycles. The third-order valence-corrected chi connectivity index (χ3v) is 6.41. The number of ether oxygens (including phenoxy) is 3. The number of carbonyl (C=O) groups excluding carboxylic acids is 3. The standard InChI is InChI=1S/C20H18O6Se/c1-13(21)24-20-17(26-19(23)15-10-6-3-7-11-15)16(12-27-20)25-18(22)14-8-4-2-5-9-14/h2-11,16-17,20H,12H2,1H3/t16-,17+,20?/m0/s1. The number of rotatable bonds is 5. The van der Waals surface area contributed by atoms with Crippen molar-refractivity contribution >= 4 is 32.9 Å². The second-order valence-corrected chi connectivity index (χ2v) is 8.23. The molecule has 0 spiro atoms. The number of esters is 3. The molecule has 0 bridgehead atoms. The third-order valence-electron chi connectivity index (χ3n) is 3.86. The number of carbonyl (C=O) groups is 3. The van der Waals surface area contributed by atoms with Crippen LogP contribution in [0.4, 0.5) is 0 Å². The van der Waals surface area contributed by atoms with Gasteiger partial charge in [0.05, 0.1) is 0 Å². The molecular formula is C20H18O6Se. The van der Waals surface area contributed by atoms with Crippen molar-refractivity contribution < 1.29 is 28.6 Å². The van der Waals surface area contributed by atoms with Crippen LogP contribution in [0.2, 0.25) is 5.32 Å². The molecule has 2 aromatic rings. The monoisotopic (exact) mass is 434 g/mol. The van der Waals surface area contributed by atoms with Gasteiger partial charge in [0.1, 0.15) is 0 Å². The molecule has 0 aromatic heterocycles. The fraction of sp³-hybridized carbons (Fsp3) is 0.250. The van der Waals surface area contributed by atoms with Crippen LogP contribution in [0.25, 0.3) is 0 Å². The van der Waals surface area contributed by atoms with E-state index in [-0.39, 0.29) is 15.0 Å². The summed E-state index contributed by atoms with van der Waals surface area (Å²) >= 11 is -0.172. The molecule has 1 unspecified atom stereocenters. The van der Waals surface area contributed by atoms with Crippen molar-refractivity contribution in [3.8, 4) is 0 Å². The molecule has 1 fully saturated rings. The van der Waals surface area contributed by atoms with Gasteiger partial charge in [-0.15, -0.1) is 0 Å². The van der Waals surface area contributed by atoms with E-state index in [1.54, 1.807) is 60.7 Å². The first-order valence-corrected chi connectivity index (χ1v) is 10.6. The van der Waals surface area contributed by atoms with Gasteiger partial charge in [0.2, 0.25) is 0 Å². The zero-order chi connectivity index (χ0) is 19.2. The quantitative estimate of drug-likeness (QED) is 0.410. The van der Waals surface area contributed by atoms with E-state index in [1.165, 1.54) is 6.92 Å². The molecule has 0 saturated carbocycles. The SMILES string of the molecule is CC(=O)OC1[Se]C[C@H](OC(=O)c2ccccc2)[C@H]1OC(=O)c1ccccc1. The van der Waals surface area contributed by atoms with E-state index in [2.05, 4.69) is 0 Å². The summed E-state index contributed by atoms with van der Waals surface area (Å²) in [5.41, 5.74) is 0.792. The summed E-state index contributed by atoms with van der Waals surface area (Å²) in [6.07, 6.45) is -1.48. The van der Waals surface area contributed by atoms with Gasteiger partial charge in [-0.3, -0.25) is 0 Å². The molecule has 7 heteroatoms. The molecule has 1 saturated heterocycles. The summed E-state index contributed by atoms with van der Waals surface area (Å²) < 4.78 is 16.4. The van der Waals surface area contributed by atoms with Crippen LogP contribution in [0.1, 0.15) is 27.6 Å². The van der Waals surface area contributed by atoms with Crippen LogP contribution in [0.15, 0.2) is 60.7 Å². The molecule has 0 aliphatic carbocycles. The van der Waals surface area contributed by atoms with Crippen LogP contribution in [0.3, 0.4) is 0 Å². The Morgan fingerprint density at radius 3 is 1.85 bits per heavy atom. The van der Waals surface area contributed by atoms with Gasteiger partial charge >= 0.3 is 163 Å². The zero-order valence-corrected chi connectivity index (χ0v) is 16.3. The number of benzene rings is 2. The Labute approximate surface area is 163 Å². The van der Waals surface area contributed by atoms with Gasteiger partial charge in [0, 0.05) is 0 Å². The van der Waals surface area contributed by atoms with Gasteiger partial charge < -0.3 is 0 Å². The summed E-state index contributed by atoms with van der Waals surface area (Å²) in [4.78, 5) is 36.2. The first-order valence-electron chi connectivity index (χ1n) is 8.35. The normalized spacial score (nSPS) is 21.3. The number of hydrogen-bond donors (Lipinski definition) is 0. The van der Waals surface area contributed by atoms with Crippen molar-refractivity contribution in [2.45, 2.75) is 29.5 Å². The first kappa shape index (κ1) is 19.1. The van der Waals surface area contributed by atoms with Gasteiger partial charge in [-0.25, -0.2) is 0 Å². The van der Waals surface area contributed by atoms with Gasteiger partial charge in [0.15, 0.2) is 0 Å². The van der Waals surface area contributed by atoms with Crippen LogP contribution >= 0.6 is 0 Å². The Morgan fingerprint density at radius 1 is 0.815 bits per heavy atom. The Bertz CT molecular complexity index is 808. The van der Waals surface area contributed by atoms with E-state index >= 15 is 0 Å². The topological polar surface area (TPSA) is 78.9 Å². The van der Waals surface area contributed by atoms with E-state index in [0.717, 1.165) is 0 Å². The average molecular weight is 433 g/mol. The minimum absolute atomic E-state index is 0.172. The summed E-state index contributed by atoms with van der Waals surface area (Å²) in [7, 11) is 0. The van der Waals surface area contributed by atoms with Crippen molar-refractivity contribution in [1.29, 1.82) is 0 Å². The molecule has 6 nitrogen and oxygen atoms in total. The Kier molecular flexibility index (Phi) is 6.27. The van der Waals surface area contributed by atoms with E-state index < -0.39 is 35.1 Å². The molecule has 27 heavy (non-hydrogen) atoms. The van der Waals surface area contributed by atoms with Gasteiger partial charge in [0.25, 0.3) is 0 Å². The van der Waals surface area contributed by atoms with Gasteiger partial charge in [-0.1, -0.05) is 0 Å². The summed E-state index contributed by atoms with van der Waals surface area (Å²) in [6.45, 7) is 1.30. The molecule has 140 valence electrons. The second kappa shape index (κ2) is 8.84. The molecular weight excluding hydrogens is 415 g/mol. The fourth-order valence-electron chi connectivity index (χ4n) is 2.60. The molecule has 0 amide bonds. The molecule has 3 rings (SSSR count). The van der Waals surface area contributed by atoms with Crippen LogP contribution in [0, 0.1) is 0 Å². The Balaban J connectivity index is 1.74. The van der Waals surface area contributed by atoms with Crippen molar-refractivity contribution in [2.75, 3.05) is 0 Å².